The lowest BCUT2D eigenvalue weighted by Gasteiger charge is -1.98. The molecule has 0 bridgehead atoms. The number of fused-ring (bicyclic) bond motifs is 1. The van der Waals surface area contributed by atoms with Crippen molar-refractivity contribution >= 4 is 16.9 Å². The molecule has 0 saturated heterocycles. The van der Waals surface area contributed by atoms with Gasteiger partial charge in [0.05, 0.1) is 6.42 Å². The van der Waals surface area contributed by atoms with Gasteiger partial charge in [-0.05, 0) is 31.0 Å². The van der Waals surface area contributed by atoms with Gasteiger partial charge in [0.25, 0.3) is 0 Å². The number of rotatable bonds is 2. The summed E-state index contributed by atoms with van der Waals surface area (Å²) in [5, 5.41) is 7.46. The monoisotopic (exact) mass is 218 g/mol. The third kappa shape index (κ3) is 1.78. The molecule has 2 aromatic rings. The molecule has 4 nitrogen and oxygen atoms in total. The lowest BCUT2D eigenvalue weighted by molar-refractivity contribution is -0.120. The molecule has 2 rings (SSSR count). The molecule has 0 unspecified atom stereocenters. The van der Waals surface area contributed by atoms with Crippen molar-refractivity contribution in [3.8, 4) is 0 Å². The van der Waals surface area contributed by atoms with Gasteiger partial charge in [-0.25, -0.2) is 0 Å². The lowest BCUT2D eigenvalue weighted by Crippen LogP contribution is -2.20. The van der Waals surface area contributed by atoms with Crippen LogP contribution in [0.2, 0.25) is 0 Å². The highest BCUT2D eigenvalue weighted by Gasteiger charge is 2.13. The number of likely N-dealkylation sites (N-methyl/N-ethyl adjacent to an activating group) is 1. The van der Waals surface area contributed by atoms with Gasteiger partial charge in [0, 0.05) is 12.4 Å². The first kappa shape index (κ1) is 10.7. The molecule has 0 fully saturated rings. The van der Waals surface area contributed by atoms with E-state index in [1.165, 1.54) is 0 Å². The molecule has 1 aromatic carbocycles. The third-order valence-corrected chi connectivity index (χ3v) is 2.58. The van der Waals surface area contributed by atoms with Crippen LogP contribution >= 0.6 is 0 Å². The van der Waals surface area contributed by atoms with Crippen molar-refractivity contribution in [3.63, 3.8) is 0 Å². The average molecular weight is 218 g/mol. The van der Waals surface area contributed by atoms with Crippen molar-refractivity contribution in [1.29, 1.82) is 0 Å². The summed E-state index contributed by atoms with van der Waals surface area (Å²) in [4.78, 5) is 11.3. The first-order valence-electron chi connectivity index (χ1n) is 5.18. The lowest BCUT2D eigenvalue weighted by atomic mass is 10.1. The Bertz CT molecular complexity index is 543. The molecule has 0 spiro atoms. The number of carbonyl (C=O) groups excluding carboxylic acids is 1. The van der Waals surface area contributed by atoms with E-state index in [-0.39, 0.29) is 12.3 Å². The number of hydrogen-bond acceptors (Lipinski definition) is 3. The van der Waals surface area contributed by atoms with Gasteiger partial charge in [-0.2, -0.15) is 0 Å². The zero-order chi connectivity index (χ0) is 11.7. The van der Waals surface area contributed by atoms with E-state index in [9.17, 15) is 4.79 Å². The fourth-order valence-electron chi connectivity index (χ4n) is 1.81. The molecule has 1 amide bonds. The van der Waals surface area contributed by atoms with E-state index in [0.29, 0.717) is 5.69 Å². The highest BCUT2D eigenvalue weighted by Crippen LogP contribution is 2.23. The van der Waals surface area contributed by atoms with E-state index < -0.39 is 0 Å². The summed E-state index contributed by atoms with van der Waals surface area (Å²) in [5.41, 5.74) is 3.66. The molecule has 0 aliphatic rings. The number of hydrogen-bond donors (Lipinski definition) is 1. The summed E-state index contributed by atoms with van der Waals surface area (Å²) in [7, 11) is 1.61. The number of nitrogens with one attached hydrogen (secondary N) is 1. The highest BCUT2D eigenvalue weighted by atomic mass is 16.5. The van der Waals surface area contributed by atoms with Crippen LogP contribution in [0.5, 0.6) is 0 Å². The fraction of sp³-hybridized carbons (Fsp3) is 0.333. The summed E-state index contributed by atoms with van der Waals surface area (Å²) < 4.78 is 5.25. The van der Waals surface area contributed by atoms with Gasteiger partial charge in [0.15, 0.2) is 5.58 Å². The molecule has 16 heavy (non-hydrogen) atoms. The van der Waals surface area contributed by atoms with Crippen LogP contribution in [0, 0.1) is 13.8 Å². The van der Waals surface area contributed by atoms with E-state index in [2.05, 4.69) is 10.5 Å². The van der Waals surface area contributed by atoms with Crippen molar-refractivity contribution in [2.24, 2.45) is 0 Å². The molecule has 84 valence electrons. The highest BCUT2D eigenvalue weighted by molar-refractivity contribution is 5.88. The van der Waals surface area contributed by atoms with Crippen molar-refractivity contribution in [1.82, 2.24) is 10.5 Å². The van der Waals surface area contributed by atoms with E-state index >= 15 is 0 Å². The van der Waals surface area contributed by atoms with E-state index in [1.54, 1.807) is 7.05 Å². The second-order valence-corrected chi connectivity index (χ2v) is 3.94. The van der Waals surface area contributed by atoms with Crippen molar-refractivity contribution in [2.45, 2.75) is 20.3 Å². The number of aryl methyl sites for hydroxylation is 2. The summed E-state index contributed by atoms with van der Waals surface area (Å²) in [6, 6.07) is 4.04. The Morgan fingerprint density at radius 3 is 2.88 bits per heavy atom. The standard InChI is InChI=1S/C12H14N2O2/c1-7-4-8(2)12-9(5-7)10(14-16-12)6-11(15)13-3/h4-5H,6H2,1-3H3,(H,13,15). The minimum absolute atomic E-state index is 0.0608. The third-order valence-electron chi connectivity index (χ3n) is 2.58. The average Bonchev–Trinajstić information content (AvgIpc) is 2.61. The number of nitrogens with zero attached hydrogens (tertiary/aromatic N) is 1. The minimum Gasteiger partial charge on any atom is -0.359 e. The largest absolute Gasteiger partial charge is 0.359 e. The van der Waals surface area contributed by atoms with Crippen LogP contribution in [0.4, 0.5) is 0 Å². The van der Waals surface area contributed by atoms with Crippen LogP contribution in [-0.2, 0) is 11.2 Å². The van der Waals surface area contributed by atoms with Gasteiger partial charge in [0.2, 0.25) is 5.91 Å². The minimum atomic E-state index is -0.0608. The normalized spacial score (nSPS) is 10.7. The maximum Gasteiger partial charge on any atom is 0.225 e. The summed E-state index contributed by atoms with van der Waals surface area (Å²) >= 11 is 0. The smallest absolute Gasteiger partial charge is 0.225 e. The molecule has 0 aliphatic carbocycles. The predicted octanol–water partition coefficient (Wildman–Crippen LogP) is 1.73. The van der Waals surface area contributed by atoms with Crippen LogP contribution in [0.1, 0.15) is 16.8 Å². The Morgan fingerprint density at radius 1 is 1.44 bits per heavy atom. The van der Waals surface area contributed by atoms with Gasteiger partial charge in [-0.1, -0.05) is 11.2 Å². The number of benzene rings is 1. The zero-order valence-corrected chi connectivity index (χ0v) is 9.63. The van der Waals surface area contributed by atoms with Crippen molar-refractivity contribution in [2.75, 3.05) is 7.05 Å². The van der Waals surface area contributed by atoms with E-state index in [0.717, 1.165) is 22.1 Å². The molecule has 1 heterocycles. The van der Waals surface area contributed by atoms with Crippen LogP contribution in [0.15, 0.2) is 16.7 Å². The Kier molecular flexibility index (Phi) is 2.64. The molecule has 0 atom stereocenters. The number of carbonyl (C=O) groups is 1. The van der Waals surface area contributed by atoms with Crippen molar-refractivity contribution < 1.29 is 9.32 Å². The SMILES string of the molecule is CNC(=O)Cc1noc2c(C)cc(C)cc12. The Labute approximate surface area is 93.6 Å². The fourth-order valence-corrected chi connectivity index (χ4v) is 1.81. The van der Waals surface area contributed by atoms with Crippen molar-refractivity contribution in [3.05, 3.63) is 29.0 Å². The topological polar surface area (TPSA) is 55.1 Å². The van der Waals surface area contributed by atoms with Crippen LogP contribution in [0.3, 0.4) is 0 Å². The summed E-state index contributed by atoms with van der Waals surface area (Å²) in [6.07, 6.45) is 0.256. The summed E-state index contributed by atoms with van der Waals surface area (Å²) in [5.74, 6) is -0.0608. The molecule has 0 radical (unpaired) electrons. The second kappa shape index (κ2) is 3.96. The van der Waals surface area contributed by atoms with Gasteiger partial charge in [-0.3, -0.25) is 4.79 Å². The quantitative estimate of drug-likeness (QED) is 0.835. The Hall–Kier alpha value is -1.84. The first-order valence-corrected chi connectivity index (χ1v) is 5.18. The Balaban J connectivity index is 2.51. The molecular weight excluding hydrogens is 204 g/mol. The van der Waals surface area contributed by atoms with Gasteiger partial charge >= 0.3 is 0 Å². The van der Waals surface area contributed by atoms with Crippen LogP contribution in [0.25, 0.3) is 11.0 Å². The first-order chi connectivity index (χ1) is 7.61. The van der Waals surface area contributed by atoms with Gasteiger partial charge < -0.3 is 9.84 Å². The van der Waals surface area contributed by atoms with Crippen LogP contribution < -0.4 is 5.32 Å². The molecule has 0 aliphatic heterocycles. The predicted molar refractivity (Wildman–Crippen MR) is 61.3 cm³/mol. The van der Waals surface area contributed by atoms with E-state index in [1.807, 2.05) is 26.0 Å². The molecule has 4 heteroatoms. The maximum absolute atomic E-state index is 11.3. The molecular formula is C12H14N2O2. The molecule has 1 aromatic heterocycles. The van der Waals surface area contributed by atoms with Crippen LogP contribution in [-0.4, -0.2) is 18.1 Å². The summed E-state index contributed by atoms with van der Waals surface area (Å²) in [6.45, 7) is 3.99. The van der Waals surface area contributed by atoms with E-state index in [4.69, 9.17) is 4.52 Å². The van der Waals surface area contributed by atoms with Gasteiger partial charge in [-0.15, -0.1) is 0 Å². The number of amides is 1. The Morgan fingerprint density at radius 2 is 2.19 bits per heavy atom. The maximum atomic E-state index is 11.3. The van der Waals surface area contributed by atoms with Gasteiger partial charge in [0.1, 0.15) is 5.69 Å². The molecule has 1 N–H and O–H groups in total. The molecule has 0 saturated carbocycles. The second-order valence-electron chi connectivity index (χ2n) is 3.94. The number of aromatic nitrogens is 1. The zero-order valence-electron chi connectivity index (χ0n) is 9.63.